The molecule has 4 heteroatoms. The molecule has 1 atom stereocenters. The van der Waals surface area contributed by atoms with E-state index in [9.17, 15) is 0 Å². The Balaban J connectivity index is 1.71. The van der Waals surface area contributed by atoms with Gasteiger partial charge in [0.1, 0.15) is 0 Å². The van der Waals surface area contributed by atoms with Crippen molar-refractivity contribution in [1.82, 2.24) is 4.90 Å². The molecular formula is C16H22BrClN2. The molecule has 1 aromatic rings. The number of hydrogen-bond acceptors (Lipinski definition) is 2. The van der Waals surface area contributed by atoms with Gasteiger partial charge in [-0.2, -0.15) is 0 Å². The molecule has 0 aromatic heterocycles. The molecule has 2 nitrogen and oxygen atoms in total. The van der Waals surface area contributed by atoms with E-state index in [4.69, 9.17) is 11.6 Å². The molecule has 20 heavy (non-hydrogen) atoms. The monoisotopic (exact) mass is 356 g/mol. The number of alkyl halides is 1. The molecule has 2 heterocycles. The maximum Gasteiger partial charge on any atom is 0.0494 e. The molecule has 110 valence electrons. The van der Waals surface area contributed by atoms with Crippen LogP contribution in [0.1, 0.15) is 31.2 Å². The average molecular weight is 358 g/mol. The van der Waals surface area contributed by atoms with E-state index in [-0.39, 0.29) is 0 Å². The van der Waals surface area contributed by atoms with Gasteiger partial charge in [0.05, 0.1) is 0 Å². The average Bonchev–Trinajstić information content (AvgIpc) is 2.98. The highest BCUT2D eigenvalue weighted by Crippen LogP contribution is 2.31. The third-order valence-corrected chi connectivity index (χ3v) is 5.38. The summed E-state index contributed by atoms with van der Waals surface area (Å²) in [7, 11) is 0. The van der Waals surface area contributed by atoms with Gasteiger partial charge in [-0.1, -0.05) is 28.4 Å². The maximum atomic E-state index is 6.10. The number of nitrogens with zero attached hydrogens (tertiary/aromatic N) is 2. The third kappa shape index (κ3) is 3.15. The minimum absolute atomic E-state index is 0.591. The molecule has 1 aromatic carbocycles. The lowest BCUT2D eigenvalue weighted by Crippen LogP contribution is -2.40. The van der Waals surface area contributed by atoms with Gasteiger partial charge in [-0.3, -0.25) is 4.90 Å². The van der Waals surface area contributed by atoms with Gasteiger partial charge in [0.25, 0.3) is 0 Å². The molecule has 0 spiro atoms. The number of benzene rings is 1. The Morgan fingerprint density at radius 2 is 1.95 bits per heavy atom. The number of rotatable bonds is 3. The standard InChI is InChI=1S/C16H22BrClN2/c17-14-5-4-13(11-18)16(10-14)20-9-6-15(12-20)19-7-2-1-3-8-19/h4-5,10,15H,1-3,6-9,11-12H2. The zero-order valence-electron chi connectivity index (χ0n) is 11.8. The number of anilines is 1. The molecule has 0 saturated carbocycles. The fourth-order valence-electron chi connectivity index (χ4n) is 3.49. The van der Waals surface area contributed by atoms with E-state index in [1.807, 2.05) is 0 Å². The number of hydrogen-bond donors (Lipinski definition) is 0. The minimum Gasteiger partial charge on any atom is -0.370 e. The highest BCUT2D eigenvalue weighted by molar-refractivity contribution is 9.10. The van der Waals surface area contributed by atoms with Crippen molar-refractivity contribution in [3.05, 3.63) is 28.2 Å². The van der Waals surface area contributed by atoms with Crippen molar-refractivity contribution in [2.75, 3.05) is 31.1 Å². The molecule has 0 bridgehead atoms. The van der Waals surface area contributed by atoms with Gasteiger partial charge < -0.3 is 4.90 Å². The second-order valence-electron chi connectivity index (χ2n) is 5.89. The van der Waals surface area contributed by atoms with E-state index in [2.05, 4.69) is 43.9 Å². The number of halogens is 2. The zero-order chi connectivity index (χ0) is 13.9. The Kier molecular flexibility index (Phi) is 4.90. The van der Waals surface area contributed by atoms with Crippen LogP contribution in [-0.2, 0) is 5.88 Å². The third-order valence-electron chi connectivity index (χ3n) is 4.60. The lowest BCUT2D eigenvalue weighted by molar-refractivity contribution is 0.175. The first kappa shape index (κ1) is 14.7. The summed E-state index contributed by atoms with van der Waals surface area (Å²) in [5.74, 6) is 0.591. The highest BCUT2D eigenvalue weighted by atomic mass is 79.9. The summed E-state index contributed by atoms with van der Waals surface area (Å²) in [4.78, 5) is 5.21. The Bertz CT molecular complexity index is 460. The van der Waals surface area contributed by atoms with Crippen molar-refractivity contribution < 1.29 is 0 Å². The van der Waals surface area contributed by atoms with Gasteiger partial charge in [-0.15, -0.1) is 11.6 Å². The zero-order valence-corrected chi connectivity index (χ0v) is 14.2. The van der Waals surface area contributed by atoms with Crippen molar-refractivity contribution in [1.29, 1.82) is 0 Å². The van der Waals surface area contributed by atoms with E-state index >= 15 is 0 Å². The van der Waals surface area contributed by atoms with Gasteiger partial charge >= 0.3 is 0 Å². The van der Waals surface area contributed by atoms with Crippen LogP contribution in [0.4, 0.5) is 5.69 Å². The normalized spacial score (nSPS) is 24.3. The van der Waals surface area contributed by atoms with Crippen LogP contribution in [0.5, 0.6) is 0 Å². The van der Waals surface area contributed by atoms with Gasteiger partial charge in [0.2, 0.25) is 0 Å². The van der Waals surface area contributed by atoms with Crippen LogP contribution in [-0.4, -0.2) is 37.1 Å². The molecule has 2 aliphatic rings. The first-order valence-corrected chi connectivity index (χ1v) is 8.94. The predicted molar refractivity (Wildman–Crippen MR) is 89.7 cm³/mol. The summed E-state index contributed by atoms with van der Waals surface area (Å²) in [6, 6.07) is 7.17. The molecule has 2 saturated heterocycles. The second kappa shape index (κ2) is 6.67. The molecule has 0 radical (unpaired) electrons. The molecule has 2 aliphatic heterocycles. The Morgan fingerprint density at radius 1 is 1.15 bits per heavy atom. The summed E-state index contributed by atoms with van der Waals surface area (Å²) < 4.78 is 1.14. The van der Waals surface area contributed by atoms with E-state index in [1.165, 1.54) is 50.0 Å². The fraction of sp³-hybridized carbons (Fsp3) is 0.625. The van der Waals surface area contributed by atoms with Gasteiger partial charge in [-0.05, 0) is 50.0 Å². The van der Waals surface area contributed by atoms with Crippen LogP contribution >= 0.6 is 27.5 Å². The van der Waals surface area contributed by atoms with E-state index in [0.29, 0.717) is 5.88 Å². The number of piperidine rings is 1. The van der Waals surface area contributed by atoms with Crippen molar-refractivity contribution in [2.45, 2.75) is 37.6 Å². The summed E-state index contributed by atoms with van der Waals surface area (Å²) in [5, 5.41) is 0. The Hall–Kier alpha value is -0.250. The SMILES string of the molecule is ClCc1ccc(Br)cc1N1CCC(N2CCCCC2)C1. The van der Waals surface area contributed by atoms with Crippen LogP contribution in [0.25, 0.3) is 0 Å². The summed E-state index contributed by atoms with van der Waals surface area (Å²) in [5.41, 5.74) is 2.56. The van der Waals surface area contributed by atoms with Gasteiger partial charge in [0.15, 0.2) is 0 Å². The Morgan fingerprint density at radius 3 is 2.70 bits per heavy atom. The minimum atomic E-state index is 0.591. The van der Waals surface area contributed by atoms with Crippen molar-refractivity contribution in [2.24, 2.45) is 0 Å². The largest absolute Gasteiger partial charge is 0.370 e. The predicted octanol–water partition coefficient (Wildman–Crippen LogP) is 4.25. The van der Waals surface area contributed by atoms with E-state index in [0.717, 1.165) is 23.6 Å². The van der Waals surface area contributed by atoms with Crippen molar-refractivity contribution >= 4 is 33.2 Å². The molecule has 1 unspecified atom stereocenters. The van der Waals surface area contributed by atoms with Crippen LogP contribution in [0, 0.1) is 0 Å². The van der Waals surface area contributed by atoms with Crippen LogP contribution in [0.2, 0.25) is 0 Å². The lowest BCUT2D eigenvalue weighted by atomic mass is 10.1. The fourth-order valence-corrected chi connectivity index (χ4v) is 4.06. The van der Waals surface area contributed by atoms with Crippen molar-refractivity contribution in [3.63, 3.8) is 0 Å². The Labute approximate surface area is 135 Å². The van der Waals surface area contributed by atoms with Crippen LogP contribution < -0.4 is 4.90 Å². The van der Waals surface area contributed by atoms with Crippen LogP contribution in [0.15, 0.2) is 22.7 Å². The topological polar surface area (TPSA) is 6.48 Å². The summed E-state index contributed by atoms with van der Waals surface area (Å²) in [6.07, 6.45) is 5.45. The molecule has 0 amide bonds. The molecule has 0 N–H and O–H groups in total. The smallest absolute Gasteiger partial charge is 0.0494 e. The van der Waals surface area contributed by atoms with Crippen LogP contribution in [0.3, 0.4) is 0 Å². The summed E-state index contributed by atoms with van der Waals surface area (Å²) >= 11 is 9.68. The second-order valence-corrected chi connectivity index (χ2v) is 7.07. The van der Waals surface area contributed by atoms with E-state index in [1.54, 1.807) is 0 Å². The van der Waals surface area contributed by atoms with Gasteiger partial charge in [-0.25, -0.2) is 0 Å². The van der Waals surface area contributed by atoms with Gasteiger partial charge in [0, 0.05) is 35.2 Å². The molecule has 3 rings (SSSR count). The summed E-state index contributed by atoms with van der Waals surface area (Å²) in [6.45, 7) is 4.89. The highest BCUT2D eigenvalue weighted by Gasteiger charge is 2.29. The quantitative estimate of drug-likeness (QED) is 0.746. The first-order valence-electron chi connectivity index (χ1n) is 7.61. The van der Waals surface area contributed by atoms with Crippen molar-refractivity contribution in [3.8, 4) is 0 Å². The number of likely N-dealkylation sites (tertiary alicyclic amines) is 1. The molecule has 0 aliphatic carbocycles. The molecule has 2 fully saturated rings. The lowest BCUT2D eigenvalue weighted by Gasteiger charge is -2.32. The van der Waals surface area contributed by atoms with E-state index < -0.39 is 0 Å². The molecular weight excluding hydrogens is 336 g/mol. The maximum absolute atomic E-state index is 6.10. The first-order chi connectivity index (χ1) is 9.78.